The lowest BCUT2D eigenvalue weighted by Gasteiger charge is -2.12. The molecule has 8 heteroatoms. The maximum absolute atomic E-state index is 15.0. The fourth-order valence-corrected chi connectivity index (χ4v) is 4.48. The molecule has 2 aromatic heterocycles. The van der Waals surface area contributed by atoms with Gasteiger partial charge < -0.3 is 10.1 Å². The van der Waals surface area contributed by atoms with Gasteiger partial charge in [0.05, 0.1) is 23.3 Å². The lowest BCUT2D eigenvalue weighted by molar-refractivity contribution is 0.0950. The van der Waals surface area contributed by atoms with E-state index in [1.807, 2.05) is 56.3 Å². The number of hydrogen-bond acceptors (Lipinski definition) is 4. The summed E-state index contributed by atoms with van der Waals surface area (Å²) in [5.74, 6) is -0.703. The van der Waals surface area contributed by atoms with Crippen molar-refractivity contribution in [2.45, 2.75) is 20.4 Å². The van der Waals surface area contributed by atoms with E-state index < -0.39 is 11.7 Å². The first-order chi connectivity index (χ1) is 18.2. The third kappa shape index (κ3) is 4.56. The van der Waals surface area contributed by atoms with Crippen LogP contribution in [0.25, 0.3) is 22.2 Å². The first kappa shape index (κ1) is 25.0. The molecule has 5 rings (SSSR count). The molecule has 2 heterocycles. The van der Waals surface area contributed by atoms with Crippen molar-refractivity contribution in [3.05, 3.63) is 111 Å². The van der Waals surface area contributed by atoms with Gasteiger partial charge in [0.15, 0.2) is 11.6 Å². The van der Waals surface area contributed by atoms with Crippen LogP contribution in [0, 0.1) is 19.7 Å². The molecule has 0 radical (unpaired) electrons. The standard InChI is InChI=1S/C30H27FN4O3/c1-18-14-22-25(15-19(18)2)32-13-12-26(22)38-27-11-10-21(16-24(27)31)29(36)33-17-23-28(20-8-6-5-7-9-20)34(3)35(4)30(23)37/h5-16H,17H2,1-4H3,(H,33,36). The van der Waals surface area contributed by atoms with E-state index in [9.17, 15) is 9.59 Å². The number of carbonyl (C=O) groups is 1. The molecule has 1 N–H and O–H groups in total. The fraction of sp³-hybridized carbons (Fsp3) is 0.167. The van der Waals surface area contributed by atoms with Crippen LogP contribution >= 0.6 is 0 Å². The Morgan fingerprint density at radius 1 is 0.947 bits per heavy atom. The molecule has 0 saturated carbocycles. The van der Waals surface area contributed by atoms with Crippen molar-refractivity contribution in [1.29, 1.82) is 0 Å². The molecule has 0 spiro atoms. The second kappa shape index (κ2) is 9.97. The number of pyridine rings is 1. The molecule has 3 aromatic carbocycles. The van der Waals surface area contributed by atoms with E-state index in [0.717, 1.165) is 33.7 Å². The first-order valence-corrected chi connectivity index (χ1v) is 12.2. The molecule has 5 aromatic rings. The van der Waals surface area contributed by atoms with Gasteiger partial charge in [0.1, 0.15) is 5.75 Å². The summed E-state index contributed by atoms with van der Waals surface area (Å²) in [6.07, 6.45) is 1.61. The number of aryl methyl sites for hydroxylation is 2. The number of aromatic nitrogens is 3. The molecule has 7 nitrogen and oxygen atoms in total. The smallest absolute Gasteiger partial charge is 0.272 e. The van der Waals surface area contributed by atoms with Crippen LogP contribution in [0.1, 0.15) is 27.0 Å². The van der Waals surface area contributed by atoms with Crippen molar-refractivity contribution < 1.29 is 13.9 Å². The summed E-state index contributed by atoms with van der Waals surface area (Å²) in [7, 11) is 3.46. The third-order valence-electron chi connectivity index (χ3n) is 6.82. The lowest BCUT2D eigenvalue weighted by Crippen LogP contribution is -2.27. The van der Waals surface area contributed by atoms with E-state index in [1.54, 1.807) is 31.0 Å². The quantitative estimate of drug-likeness (QED) is 0.331. The Hall–Kier alpha value is -4.72. The maximum Gasteiger partial charge on any atom is 0.272 e. The average Bonchev–Trinajstić information content (AvgIpc) is 3.13. The second-order valence-corrected chi connectivity index (χ2v) is 9.24. The third-order valence-corrected chi connectivity index (χ3v) is 6.82. The zero-order valence-electron chi connectivity index (χ0n) is 21.6. The Labute approximate surface area is 219 Å². The minimum atomic E-state index is -0.674. The highest BCUT2D eigenvalue weighted by atomic mass is 19.1. The van der Waals surface area contributed by atoms with Gasteiger partial charge >= 0.3 is 0 Å². The highest BCUT2D eigenvalue weighted by Gasteiger charge is 2.19. The minimum absolute atomic E-state index is 0.00177. The molecule has 1 amide bonds. The number of hydrogen-bond donors (Lipinski definition) is 1. The molecule has 0 saturated heterocycles. The van der Waals surface area contributed by atoms with Gasteiger partial charge in [-0.2, -0.15) is 0 Å². The summed E-state index contributed by atoms with van der Waals surface area (Å²) in [5, 5.41) is 3.53. The Balaban J connectivity index is 1.36. The molecular weight excluding hydrogens is 483 g/mol. The van der Waals surface area contributed by atoms with Crippen LogP contribution in [-0.2, 0) is 20.6 Å². The number of ether oxygens (including phenoxy) is 1. The van der Waals surface area contributed by atoms with Gasteiger partial charge in [-0.3, -0.25) is 23.9 Å². The van der Waals surface area contributed by atoms with Gasteiger partial charge in [-0.15, -0.1) is 0 Å². The van der Waals surface area contributed by atoms with Crippen molar-refractivity contribution in [2.75, 3.05) is 0 Å². The number of halogens is 1. The van der Waals surface area contributed by atoms with Crippen molar-refractivity contribution in [2.24, 2.45) is 14.1 Å². The summed E-state index contributed by atoms with van der Waals surface area (Å²) >= 11 is 0. The van der Waals surface area contributed by atoms with Gasteiger partial charge in [0.25, 0.3) is 11.5 Å². The zero-order valence-corrected chi connectivity index (χ0v) is 21.6. The number of fused-ring (bicyclic) bond motifs is 1. The zero-order chi connectivity index (χ0) is 27.0. The monoisotopic (exact) mass is 510 g/mol. The Morgan fingerprint density at radius 3 is 2.42 bits per heavy atom. The van der Waals surface area contributed by atoms with Gasteiger partial charge in [0.2, 0.25) is 0 Å². The number of nitrogens with zero attached hydrogens (tertiary/aromatic N) is 3. The molecule has 0 aliphatic carbocycles. The molecule has 0 fully saturated rings. The van der Waals surface area contributed by atoms with Crippen LogP contribution in [-0.4, -0.2) is 20.3 Å². The number of nitrogens with one attached hydrogen (secondary N) is 1. The fourth-order valence-electron chi connectivity index (χ4n) is 4.48. The molecule has 0 atom stereocenters. The van der Waals surface area contributed by atoms with Gasteiger partial charge in [-0.05, 0) is 61.4 Å². The van der Waals surface area contributed by atoms with E-state index in [2.05, 4.69) is 10.3 Å². The summed E-state index contributed by atoms with van der Waals surface area (Å²) in [4.78, 5) is 30.1. The molecule has 0 aliphatic heterocycles. The van der Waals surface area contributed by atoms with Crippen molar-refractivity contribution in [3.63, 3.8) is 0 Å². The Bertz CT molecular complexity index is 1740. The molecule has 0 bridgehead atoms. The summed E-state index contributed by atoms with van der Waals surface area (Å²) in [5.41, 5.74) is 4.86. The molecule has 0 unspecified atom stereocenters. The summed E-state index contributed by atoms with van der Waals surface area (Å²) in [6, 6.07) is 19.1. The number of carbonyl (C=O) groups excluding carboxylic acids is 1. The summed E-state index contributed by atoms with van der Waals surface area (Å²) in [6.45, 7) is 4.00. The van der Waals surface area contributed by atoms with Crippen LogP contribution < -0.4 is 15.6 Å². The predicted molar refractivity (Wildman–Crippen MR) is 145 cm³/mol. The predicted octanol–water partition coefficient (Wildman–Crippen LogP) is 5.42. The van der Waals surface area contributed by atoms with Gasteiger partial charge in [-0.1, -0.05) is 30.3 Å². The van der Waals surface area contributed by atoms with Gasteiger partial charge in [0, 0.05) is 36.8 Å². The highest BCUT2D eigenvalue weighted by Crippen LogP contribution is 2.32. The lowest BCUT2D eigenvalue weighted by atomic mass is 10.1. The molecule has 0 aliphatic rings. The van der Waals surface area contributed by atoms with Gasteiger partial charge in [-0.25, -0.2) is 4.39 Å². The SMILES string of the molecule is Cc1cc2nccc(Oc3ccc(C(=O)NCc4c(-c5ccccc5)n(C)n(C)c4=O)cc3F)c2cc1C. The van der Waals surface area contributed by atoms with Crippen molar-refractivity contribution >= 4 is 16.8 Å². The Morgan fingerprint density at radius 2 is 1.68 bits per heavy atom. The highest BCUT2D eigenvalue weighted by molar-refractivity contribution is 5.94. The van der Waals surface area contributed by atoms with Crippen LogP contribution in [0.2, 0.25) is 0 Å². The number of benzene rings is 3. The Kier molecular flexibility index (Phi) is 6.55. The second-order valence-electron chi connectivity index (χ2n) is 9.24. The normalized spacial score (nSPS) is 11.1. The van der Waals surface area contributed by atoms with E-state index in [4.69, 9.17) is 4.74 Å². The maximum atomic E-state index is 15.0. The number of rotatable bonds is 6. The molecule has 192 valence electrons. The van der Waals surface area contributed by atoms with Crippen LogP contribution in [0.15, 0.2) is 77.7 Å². The van der Waals surface area contributed by atoms with Crippen LogP contribution in [0.3, 0.4) is 0 Å². The molecular formula is C30H27FN4O3. The average molecular weight is 511 g/mol. The summed E-state index contributed by atoms with van der Waals surface area (Å²) < 4.78 is 24.1. The molecule has 38 heavy (non-hydrogen) atoms. The van der Waals surface area contributed by atoms with E-state index in [-0.39, 0.29) is 23.4 Å². The largest absolute Gasteiger partial charge is 0.454 e. The van der Waals surface area contributed by atoms with E-state index in [1.165, 1.54) is 16.8 Å². The topological polar surface area (TPSA) is 78.2 Å². The minimum Gasteiger partial charge on any atom is -0.454 e. The van der Waals surface area contributed by atoms with E-state index >= 15 is 4.39 Å². The van der Waals surface area contributed by atoms with Crippen molar-refractivity contribution in [3.8, 4) is 22.8 Å². The van der Waals surface area contributed by atoms with Crippen LogP contribution in [0.4, 0.5) is 4.39 Å². The van der Waals surface area contributed by atoms with Crippen molar-refractivity contribution in [1.82, 2.24) is 19.7 Å². The van der Waals surface area contributed by atoms with Crippen LogP contribution in [0.5, 0.6) is 11.5 Å². The van der Waals surface area contributed by atoms with E-state index in [0.29, 0.717) is 17.0 Å². The first-order valence-electron chi connectivity index (χ1n) is 12.2. The number of amides is 1.